The highest BCUT2D eigenvalue weighted by Crippen LogP contribution is 2.34. The molecule has 2 heterocycles. The quantitative estimate of drug-likeness (QED) is 0.595. The molecule has 1 aromatic heterocycles. The van der Waals surface area contributed by atoms with E-state index in [1.807, 2.05) is 12.1 Å². The maximum absolute atomic E-state index is 12.5. The largest absolute Gasteiger partial charge is 0.483 e. The van der Waals surface area contributed by atoms with E-state index in [0.29, 0.717) is 18.0 Å². The van der Waals surface area contributed by atoms with Gasteiger partial charge in [0.25, 0.3) is 0 Å². The molecule has 0 unspecified atom stereocenters. The Balaban J connectivity index is 1.44. The fourth-order valence-electron chi connectivity index (χ4n) is 2.71. The lowest BCUT2D eigenvalue weighted by Gasteiger charge is -2.11. The molecular formula is C18H14F3N3O4S. The summed E-state index contributed by atoms with van der Waals surface area (Å²) < 4.78 is 58.1. The minimum Gasteiger partial charge on any atom is -0.483 e. The summed E-state index contributed by atoms with van der Waals surface area (Å²) in [5.41, 5.74) is 1.17. The number of thiocarbonyl (C=S) groups is 1. The Hall–Kier alpha value is -3.21. The van der Waals surface area contributed by atoms with Crippen molar-refractivity contribution in [1.29, 1.82) is 0 Å². The fraction of sp³-hybridized carbons (Fsp3) is 0.222. The summed E-state index contributed by atoms with van der Waals surface area (Å²) in [6.07, 6.45) is -4.46. The molecule has 4 rings (SSSR count). The van der Waals surface area contributed by atoms with Gasteiger partial charge in [-0.05, 0) is 42.0 Å². The highest BCUT2D eigenvalue weighted by atomic mass is 32.1. The molecule has 0 amide bonds. The minimum absolute atomic E-state index is 0.0119. The Labute approximate surface area is 167 Å². The second kappa shape index (κ2) is 7.66. The van der Waals surface area contributed by atoms with E-state index in [1.54, 1.807) is 12.1 Å². The predicted octanol–water partition coefficient (Wildman–Crippen LogP) is 3.98. The molecule has 152 valence electrons. The molecule has 3 aromatic rings. The van der Waals surface area contributed by atoms with Crippen molar-refractivity contribution in [3.05, 3.63) is 42.0 Å². The monoisotopic (exact) mass is 425 g/mol. The van der Waals surface area contributed by atoms with Crippen molar-refractivity contribution in [2.75, 3.05) is 18.7 Å². The van der Waals surface area contributed by atoms with Gasteiger partial charge in [0.05, 0.1) is 0 Å². The first-order valence-corrected chi connectivity index (χ1v) is 8.81. The van der Waals surface area contributed by atoms with Crippen molar-refractivity contribution in [2.24, 2.45) is 0 Å². The van der Waals surface area contributed by atoms with Crippen LogP contribution in [-0.4, -0.2) is 29.8 Å². The summed E-state index contributed by atoms with van der Waals surface area (Å²) in [5.74, 6) is 1.47. The number of alkyl halides is 3. The van der Waals surface area contributed by atoms with Gasteiger partial charge in [0.2, 0.25) is 6.79 Å². The third-order valence-corrected chi connectivity index (χ3v) is 4.22. The van der Waals surface area contributed by atoms with E-state index in [2.05, 4.69) is 15.8 Å². The SMILES string of the molecule is FC(F)(F)COc1cccc2onc(NC(=S)NCc3ccc4c(c3)OCO4)c12. The van der Waals surface area contributed by atoms with E-state index in [9.17, 15) is 13.2 Å². The molecule has 29 heavy (non-hydrogen) atoms. The van der Waals surface area contributed by atoms with Crippen LogP contribution in [0.1, 0.15) is 5.56 Å². The van der Waals surface area contributed by atoms with Crippen LogP contribution in [0.3, 0.4) is 0 Å². The molecule has 1 aliphatic heterocycles. The Morgan fingerprint density at radius 2 is 2.00 bits per heavy atom. The van der Waals surface area contributed by atoms with Gasteiger partial charge in [-0.1, -0.05) is 17.3 Å². The van der Waals surface area contributed by atoms with Crippen LogP contribution in [0.2, 0.25) is 0 Å². The first kappa shape index (κ1) is 19.1. The second-order valence-corrected chi connectivity index (χ2v) is 6.47. The summed E-state index contributed by atoms with van der Waals surface area (Å²) in [5, 5.41) is 10.1. The Kier molecular flexibility index (Phi) is 5.05. The molecular weight excluding hydrogens is 411 g/mol. The van der Waals surface area contributed by atoms with E-state index >= 15 is 0 Å². The third-order valence-electron chi connectivity index (χ3n) is 3.97. The molecule has 0 aliphatic carbocycles. The van der Waals surface area contributed by atoms with Gasteiger partial charge in [0.15, 0.2) is 34.6 Å². The number of ether oxygens (including phenoxy) is 3. The molecule has 11 heteroatoms. The van der Waals surface area contributed by atoms with Crippen LogP contribution in [0.5, 0.6) is 17.2 Å². The van der Waals surface area contributed by atoms with Crippen molar-refractivity contribution in [2.45, 2.75) is 12.7 Å². The van der Waals surface area contributed by atoms with Crippen LogP contribution in [0.25, 0.3) is 11.0 Å². The lowest BCUT2D eigenvalue weighted by atomic mass is 10.2. The number of anilines is 1. The molecule has 2 aromatic carbocycles. The average molecular weight is 425 g/mol. The van der Waals surface area contributed by atoms with Gasteiger partial charge >= 0.3 is 6.18 Å². The number of halogens is 3. The molecule has 2 N–H and O–H groups in total. The van der Waals surface area contributed by atoms with Crippen LogP contribution in [-0.2, 0) is 6.54 Å². The zero-order chi connectivity index (χ0) is 20.4. The minimum atomic E-state index is -4.46. The van der Waals surface area contributed by atoms with Crippen LogP contribution in [0.15, 0.2) is 40.9 Å². The first-order chi connectivity index (χ1) is 13.9. The van der Waals surface area contributed by atoms with Crippen LogP contribution < -0.4 is 24.8 Å². The number of aromatic nitrogens is 1. The number of hydrogen-bond donors (Lipinski definition) is 2. The van der Waals surface area contributed by atoms with E-state index in [1.165, 1.54) is 12.1 Å². The summed E-state index contributed by atoms with van der Waals surface area (Å²) >= 11 is 5.25. The number of hydrogen-bond acceptors (Lipinski definition) is 6. The normalized spacial score (nSPS) is 12.8. The molecule has 0 fully saturated rings. The van der Waals surface area contributed by atoms with Gasteiger partial charge in [-0.3, -0.25) is 0 Å². The molecule has 0 atom stereocenters. The van der Waals surface area contributed by atoms with Gasteiger partial charge in [-0.15, -0.1) is 0 Å². The average Bonchev–Trinajstić information content (AvgIpc) is 3.31. The van der Waals surface area contributed by atoms with E-state index in [4.69, 9.17) is 31.0 Å². The maximum Gasteiger partial charge on any atom is 0.422 e. The Bertz CT molecular complexity index is 1050. The summed E-state index contributed by atoms with van der Waals surface area (Å²) in [7, 11) is 0. The topological polar surface area (TPSA) is 77.8 Å². The molecule has 0 bridgehead atoms. The lowest BCUT2D eigenvalue weighted by molar-refractivity contribution is -0.153. The number of fused-ring (bicyclic) bond motifs is 2. The number of nitrogens with one attached hydrogen (secondary N) is 2. The number of nitrogens with zero attached hydrogens (tertiary/aromatic N) is 1. The maximum atomic E-state index is 12.5. The number of benzene rings is 2. The summed E-state index contributed by atoms with van der Waals surface area (Å²) in [4.78, 5) is 0. The van der Waals surface area contributed by atoms with Crippen LogP contribution in [0, 0.1) is 0 Å². The Morgan fingerprint density at radius 1 is 1.17 bits per heavy atom. The van der Waals surface area contributed by atoms with Gasteiger partial charge < -0.3 is 29.4 Å². The van der Waals surface area contributed by atoms with Crippen LogP contribution >= 0.6 is 12.2 Å². The summed E-state index contributed by atoms with van der Waals surface area (Å²) in [6, 6.07) is 9.96. The van der Waals surface area contributed by atoms with Crippen LogP contribution in [0.4, 0.5) is 19.0 Å². The van der Waals surface area contributed by atoms with Crippen molar-refractivity contribution in [1.82, 2.24) is 10.5 Å². The molecule has 7 nitrogen and oxygen atoms in total. The molecule has 0 radical (unpaired) electrons. The zero-order valence-electron chi connectivity index (χ0n) is 14.7. The molecule has 0 spiro atoms. The second-order valence-electron chi connectivity index (χ2n) is 6.06. The third kappa shape index (κ3) is 4.45. The van der Waals surface area contributed by atoms with Crippen molar-refractivity contribution >= 4 is 34.1 Å². The van der Waals surface area contributed by atoms with Gasteiger partial charge in [-0.2, -0.15) is 13.2 Å². The fourth-order valence-corrected chi connectivity index (χ4v) is 2.88. The van der Waals surface area contributed by atoms with Gasteiger partial charge in [-0.25, -0.2) is 0 Å². The zero-order valence-corrected chi connectivity index (χ0v) is 15.5. The smallest absolute Gasteiger partial charge is 0.422 e. The standard InChI is InChI=1S/C18H14F3N3O4S/c19-18(20,21)8-25-12-2-1-3-13-15(12)16(24-28-13)23-17(29)22-7-10-4-5-11-14(6-10)27-9-26-11/h1-6H,7-9H2,(H2,22,23,24,29). The lowest BCUT2D eigenvalue weighted by Crippen LogP contribution is -2.28. The first-order valence-electron chi connectivity index (χ1n) is 8.40. The Morgan fingerprint density at radius 3 is 2.83 bits per heavy atom. The van der Waals surface area contributed by atoms with E-state index in [-0.39, 0.29) is 34.4 Å². The molecule has 0 saturated heterocycles. The number of rotatable bonds is 5. The van der Waals surface area contributed by atoms with Crippen molar-refractivity contribution in [3.63, 3.8) is 0 Å². The van der Waals surface area contributed by atoms with Crippen molar-refractivity contribution < 1.29 is 31.9 Å². The highest BCUT2D eigenvalue weighted by Gasteiger charge is 2.29. The summed E-state index contributed by atoms with van der Waals surface area (Å²) in [6.45, 7) is -0.858. The molecule has 0 saturated carbocycles. The van der Waals surface area contributed by atoms with Gasteiger partial charge in [0.1, 0.15) is 11.1 Å². The molecule has 1 aliphatic rings. The van der Waals surface area contributed by atoms with E-state index < -0.39 is 12.8 Å². The van der Waals surface area contributed by atoms with E-state index in [0.717, 1.165) is 5.56 Å². The van der Waals surface area contributed by atoms with Crippen molar-refractivity contribution in [3.8, 4) is 17.2 Å². The predicted molar refractivity (Wildman–Crippen MR) is 101 cm³/mol. The highest BCUT2D eigenvalue weighted by molar-refractivity contribution is 7.80. The van der Waals surface area contributed by atoms with Gasteiger partial charge in [0, 0.05) is 6.54 Å².